The van der Waals surface area contributed by atoms with E-state index in [-0.39, 0.29) is 34.9 Å². The molecule has 2 aromatic rings. The number of aryl methyl sites for hydroxylation is 1. The molecule has 1 aliphatic heterocycles. The average Bonchev–Trinajstić information content (AvgIpc) is 3.49. The third kappa shape index (κ3) is 5.47. The van der Waals surface area contributed by atoms with Crippen molar-refractivity contribution in [3.8, 4) is 0 Å². The summed E-state index contributed by atoms with van der Waals surface area (Å²) in [4.78, 5) is 25.3. The molecule has 0 unspecified atom stereocenters. The number of piperidine rings is 1. The van der Waals surface area contributed by atoms with Crippen LogP contribution < -0.4 is 10.6 Å². The second kappa shape index (κ2) is 10.1. The number of nitrogens with zero attached hydrogens (tertiary/aromatic N) is 2. The predicted octanol–water partition coefficient (Wildman–Crippen LogP) is 3.26. The number of nitrogens with one attached hydrogen (secondary N) is 2. The summed E-state index contributed by atoms with van der Waals surface area (Å²) in [5, 5.41) is 5.83. The van der Waals surface area contributed by atoms with Crippen LogP contribution in [0.15, 0.2) is 41.4 Å². The van der Waals surface area contributed by atoms with Crippen molar-refractivity contribution in [2.45, 2.75) is 56.4 Å². The van der Waals surface area contributed by atoms with Crippen LogP contribution in [0.2, 0.25) is 0 Å². The summed E-state index contributed by atoms with van der Waals surface area (Å²) in [7, 11) is -1.93. The summed E-state index contributed by atoms with van der Waals surface area (Å²) in [6.45, 7) is 1.31. The van der Waals surface area contributed by atoms with Gasteiger partial charge in [0.25, 0.3) is 5.91 Å². The van der Waals surface area contributed by atoms with Gasteiger partial charge >= 0.3 is 0 Å². The SMILES string of the molecule is Cn1cc(S(=O)(=O)N2CCCCC2)cc1C(=O)NCc1cccc(NC(=O)C2CCCC2)c1. The van der Waals surface area contributed by atoms with Gasteiger partial charge in [-0.05, 0) is 49.4 Å². The van der Waals surface area contributed by atoms with E-state index >= 15 is 0 Å². The van der Waals surface area contributed by atoms with E-state index in [0.29, 0.717) is 18.8 Å². The summed E-state index contributed by atoms with van der Waals surface area (Å²) >= 11 is 0. The van der Waals surface area contributed by atoms with Crippen LogP contribution >= 0.6 is 0 Å². The van der Waals surface area contributed by atoms with Gasteiger partial charge in [0.2, 0.25) is 15.9 Å². The van der Waals surface area contributed by atoms with Gasteiger partial charge in [0.15, 0.2) is 0 Å². The van der Waals surface area contributed by atoms with E-state index in [1.165, 1.54) is 16.6 Å². The Labute approximate surface area is 195 Å². The average molecular weight is 473 g/mol. The zero-order chi connectivity index (χ0) is 23.4. The number of amides is 2. The number of anilines is 1. The molecule has 1 aliphatic carbocycles. The minimum absolute atomic E-state index is 0.0555. The van der Waals surface area contributed by atoms with Crippen molar-refractivity contribution in [1.82, 2.24) is 14.2 Å². The molecule has 1 saturated heterocycles. The van der Waals surface area contributed by atoms with E-state index in [1.54, 1.807) is 11.6 Å². The molecular weight excluding hydrogens is 440 g/mol. The van der Waals surface area contributed by atoms with Gasteiger partial charge in [-0.2, -0.15) is 4.31 Å². The van der Waals surface area contributed by atoms with Crippen molar-refractivity contribution in [1.29, 1.82) is 0 Å². The Balaban J connectivity index is 1.38. The molecule has 0 spiro atoms. The number of hydrogen-bond acceptors (Lipinski definition) is 4. The number of hydrogen-bond donors (Lipinski definition) is 2. The topological polar surface area (TPSA) is 101 Å². The molecule has 178 valence electrons. The van der Waals surface area contributed by atoms with Crippen molar-refractivity contribution in [2.24, 2.45) is 13.0 Å². The van der Waals surface area contributed by atoms with E-state index in [4.69, 9.17) is 0 Å². The molecule has 0 radical (unpaired) electrons. The molecule has 8 nitrogen and oxygen atoms in total. The number of rotatable bonds is 7. The fourth-order valence-electron chi connectivity index (χ4n) is 4.62. The standard InChI is InChI=1S/C24H32N4O4S/c1-27-17-21(33(31,32)28-12-5-2-6-13-28)15-22(27)24(30)25-16-18-8-7-11-20(14-18)26-23(29)19-9-3-4-10-19/h7-8,11,14-15,17,19H,2-6,9-10,12-13,16H2,1H3,(H,25,30)(H,26,29). The number of carbonyl (C=O) groups is 2. The minimum Gasteiger partial charge on any atom is -0.347 e. The Morgan fingerprint density at radius 2 is 1.76 bits per heavy atom. The van der Waals surface area contributed by atoms with Gasteiger partial charge in [-0.15, -0.1) is 0 Å². The second-order valence-corrected chi connectivity index (χ2v) is 10.9. The molecule has 2 aliphatic rings. The maximum Gasteiger partial charge on any atom is 0.268 e. The Hall–Kier alpha value is -2.65. The first kappa shape index (κ1) is 23.5. The maximum atomic E-state index is 12.9. The van der Waals surface area contributed by atoms with E-state index < -0.39 is 10.0 Å². The number of sulfonamides is 1. The molecule has 2 N–H and O–H groups in total. The van der Waals surface area contributed by atoms with Crippen LogP contribution in [0.3, 0.4) is 0 Å². The first-order valence-corrected chi connectivity index (χ1v) is 13.1. The maximum absolute atomic E-state index is 12.9. The summed E-state index contributed by atoms with van der Waals surface area (Å²) in [6.07, 6.45) is 8.34. The van der Waals surface area contributed by atoms with Crippen LogP contribution in [-0.4, -0.2) is 42.2 Å². The van der Waals surface area contributed by atoms with Crippen LogP contribution in [0.25, 0.3) is 0 Å². The lowest BCUT2D eigenvalue weighted by molar-refractivity contribution is -0.119. The van der Waals surface area contributed by atoms with E-state index in [9.17, 15) is 18.0 Å². The van der Waals surface area contributed by atoms with Crippen molar-refractivity contribution >= 4 is 27.5 Å². The molecule has 33 heavy (non-hydrogen) atoms. The summed E-state index contributed by atoms with van der Waals surface area (Å²) in [6, 6.07) is 8.86. The second-order valence-electron chi connectivity index (χ2n) is 8.99. The first-order chi connectivity index (χ1) is 15.8. The van der Waals surface area contributed by atoms with Crippen molar-refractivity contribution < 1.29 is 18.0 Å². The lowest BCUT2D eigenvalue weighted by Crippen LogP contribution is -2.35. The van der Waals surface area contributed by atoms with E-state index in [0.717, 1.165) is 50.5 Å². The fraction of sp³-hybridized carbons (Fsp3) is 0.500. The highest BCUT2D eigenvalue weighted by atomic mass is 32.2. The van der Waals surface area contributed by atoms with Crippen LogP contribution in [-0.2, 0) is 28.4 Å². The first-order valence-electron chi connectivity index (χ1n) is 11.7. The molecule has 2 heterocycles. The molecule has 0 atom stereocenters. The van der Waals surface area contributed by atoms with Crippen molar-refractivity contribution in [3.05, 3.63) is 47.8 Å². The molecule has 9 heteroatoms. The Morgan fingerprint density at radius 1 is 1.03 bits per heavy atom. The lowest BCUT2D eigenvalue weighted by Gasteiger charge is -2.25. The van der Waals surface area contributed by atoms with Crippen LogP contribution in [0.4, 0.5) is 5.69 Å². The van der Waals surface area contributed by atoms with Gasteiger partial charge in [-0.1, -0.05) is 31.4 Å². The van der Waals surface area contributed by atoms with E-state index in [2.05, 4.69) is 10.6 Å². The monoisotopic (exact) mass is 472 g/mol. The van der Waals surface area contributed by atoms with Gasteiger partial charge < -0.3 is 15.2 Å². The minimum atomic E-state index is -3.60. The molecule has 4 rings (SSSR count). The van der Waals surface area contributed by atoms with Gasteiger partial charge in [0.05, 0.1) is 0 Å². The normalized spacial score (nSPS) is 17.7. The molecule has 2 fully saturated rings. The smallest absolute Gasteiger partial charge is 0.268 e. The zero-order valence-corrected chi connectivity index (χ0v) is 19.9. The van der Waals surface area contributed by atoms with Gasteiger partial charge in [0, 0.05) is 44.5 Å². The Bertz CT molecular complexity index is 1110. The highest BCUT2D eigenvalue weighted by Crippen LogP contribution is 2.26. The van der Waals surface area contributed by atoms with E-state index in [1.807, 2.05) is 24.3 Å². The number of aromatic nitrogens is 1. The van der Waals surface area contributed by atoms with Crippen molar-refractivity contribution in [3.63, 3.8) is 0 Å². The highest BCUT2D eigenvalue weighted by Gasteiger charge is 2.28. The largest absolute Gasteiger partial charge is 0.347 e. The molecule has 0 bridgehead atoms. The van der Waals surface area contributed by atoms with Gasteiger partial charge in [0.1, 0.15) is 10.6 Å². The Kier molecular flexibility index (Phi) is 7.19. The fourth-order valence-corrected chi connectivity index (χ4v) is 6.21. The summed E-state index contributed by atoms with van der Waals surface area (Å²) < 4.78 is 28.9. The Morgan fingerprint density at radius 3 is 2.48 bits per heavy atom. The zero-order valence-electron chi connectivity index (χ0n) is 19.0. The lowest BCUT2D eigenvalue weighted by atomic mass is 10.1. The van der Waals surface area contributed by atoms with Crippen LogP contribution in [0.1, 0.15) is 61.0 Å². The molecular formula is C24H32N4O4S. The number of benzene rings is 1. The van der Waals surface area contributed by atoms with Crippen LogP contribution in [0, 0.1) is 5.92 Å². The molecule has 2 amide bonds. The molecule has 1 saturated carbocycles. The third-order valence-electron chi connectivity index (χ3n) is 6.54. The highest BCUT2D eigenvalue weighted by molar-refractivity contribution is 7.89. The van der Waals surface area contributed by atoms with Crippen LogP contribution in [0.5, 0.6) is 0 Å². The van der Waals surface area contributed by atoms with Crippen molar-refractivity contribution in [2.75, 3.05) is 18.4 Å². The molecule has 1 aromatic heterocycles. The summed E-state index contributed by atoms with van der Waals surface area (Å²) in [5.41, 5.74) is 1.85. The van der Waals surface area contributed by atoms with Gasteiger partial charge in [-0.25, -0.2) is 8.42 Å². The quantitative estimate of drug-likeness (QED) is 0.646. The number of carbonyl (C=O) groups excluding carboxylic acids is 2. The molecule has 1 aromatic carbocycles. The summed E-state index contributed by atoms with van der Waals surface area (Å²) in [5.74, 6) is -0.209. The predicted molar refractivity (Wildman–Crippen MR) is 126 cm³/mol. The van der Waals surface area contributed by atoms with Gasteiger partial charge in [-0.3, -0.25) is 9.59 Å². The third-order valence-corrected chi connectivity index (χ3v) is 8.40.